The van der Waals surface area contributed by atoms with Gasteiger partial charge >= 0.3 is 12.1 Å². The van der Waals surface area contributed by atoms with E-state index < -0.39 is 23.5 Å². The highest BCUT2D eigenvalue weighted by atomic mass is 19.1. The average Bonchev–Trinajstić information content (AvgIpc) is 2.52. The zero-order valence-electron chi connectivity index (χ0n) is 14.1. The summed E-state index contributed by atoms with van der Waals surface area (Å²) in [5.41, 5.74) is 0.542. The molecule has 2 rings (SSSR count). The van der Waals surface area contributed by atoms with Crippen molar-refractivity contribution in [1.29, 1.82) is 0 Å². The molecule has 1 aliphatic heterocycles. The molecule has 1 aromatic carbocycles. The van der Waals surface area contributed by atoms with Crippen LogP contribution in [0.1, 0.15) is 36.7 Å². The standard InChI is InChI=1S/C17H20FNO5/c1-17(2,3)24-16(21)19-8-7-12(10-23-19)11-5-6-13(14(18)9-11)15(20)22-4/h5-7,9H,8,10H2,1-4H3. The fraction of sp³-hybridized carbons (Fsp3) is 0.412. The van der Waals surface area contributed by atoms with Crippen molar-refractivity contribution < 1.29 is 28.3 Å². The van der Waals surface area contributed by atoms with Crippen LogP contribution < -0.4 is 0 Å². The Kier molecular flexibility index (Phi) is 5.23. The number of ether oxygens (including phenoxy) is 2. The Labute approximate surface area is 139 Å². The molecular weight excluding hydrogens is 317 g/mol. The van der Waals surface area contributed by atoms with Gasteiger partial charge in [-0.25, -0.2) is 14.0 Å². The molecule has 0 saturated carbocycles. The van der Waals surface area contributed by atoms with E-state index in [1.54, 1.807) is 32.9 Å². The molecule has 0 aromatic heterocycles. The van der Waals surface area contributed by atoms with Crippen LogP contribution in [0.4, 0.5) is 9.18 Å². The lowest BCUT2D eigenvalue weighted by Crippen LogP contribution is -2.39. The normalized spacial score (nSPS) is 14.9. The summed E-state index contributed by atoms with van der Waals surface area (Å²) in [4.78, 5) is 28.7. The summed E-state index contributed by atoms with van der Waals surface area (Å²) in [6.45, 7) is 5.58. The van der Waals surface area contributed by atoms with E-state index in [2.05, 4.69) is 4.74 Å². The summed E-state index contributed by atoms with van der Waals surface area (Å²) >= 11 is 0. The first kappa shape index (κ1) is 17.9. The summed E-state index contributed by atoms with van der Waals surface area (Å²) in [5.74, 6) is -1.40. The summed E-state index contributed by atoms with van der Waals surface area (Å²) in [6.07, 6.45) is 1.17. The van der Waals surface area contributed by atoms with Gasteiger partial charge in [-0.3, -0.25) is 4.84 Å². The predicted octanol–water partition coefficient (Wildman–Crippen LogP) is 3.18. The summed E-state index contributed by atoms with van der Waals surface area (Å²) in [6, 6.07) is 4.20. The van der Waals surface area contributed by atoms with Crippen molar-refractivity contribution in [3.63, 3.8) is 0 Å². The summed E-state index contributed by atoms with van der Waals surface area (Å²) in [7, 11) is 1.19. The van der Waals surface area contributed by atoms with E-state index >= 15 is 0 Å². The Balaban J connectivity index is 2.09. The van der Waals surface area contributed by atoms with E-state index in [1.165, 1.54) is 19.2 Å². The molecule has 0 radical (unpaired) electrons. The van der Waals surface area contributed by atoms with Crippen LogP contribution in [0.2, 0.25) is 0 Å². The number of hydroxylamine groups is 2. The van der Waals surface area contributed by atoms with Crippen molar-refractivity contribution in [3.05, 3.63) is 41.2 Å². The topological polar surface area (TPSA) is 65.1 Å². The number of hydrogen-bond donors (Lipinski definition) is 0. The number of hydrogen-bond acceptors (Lipinski definition) is 5. The van der Waals surface area contributed by atoms with Crippen LogP contribution in [-0.2, 0) is 14.3 Å². The number of benzene rings is 1. The number of carbonyl (C=O) groups is 2. The van der Waals surface area contributed by atoms with Gasteiger partial charge < -0.3 is 9.47 Å². The second kappa shape index (κ2) is 7.00. The molecule has 7 heteroatoms. The molecule has 1 amide bonds. The van der Waals surface area contributed by atoms with Crippen LogP contribution in [-0.4, -0.2) is 43.0 Å². The molecule has 1 aliphatic rings. The van der Waals surface area contributed by atoms with Gasteiger partial charge in [-0.15, -0.1) is 0 Å². The van der Waals surface area contributed by atoms with Crippen molar-refractivity contribution in [2.24, 2.45) is 0 Å². The minimum atomic E-state index is -0.732. The second-order valence-electron chi connectivity index (χ2n) is 6.23. The van der Waals surface area contributed by atoms with Crippen LogP contribution in [0.5, 0.6) is 0 Å². The quantitative estimate of drug-likeness (QED) is 0.776. The molecule has 6 nitrogen and oxygen atoms in total. The SMILES string of the molecule is COC(=O)c1ccc(C2=CCN(C(=O)OC(C)(C)C)OC2)cc1F. The first-order valence-electron chi connectivity index (χ1n) is 7.42. The van der Waals surface area contributed by atoms with Crippen LogP contribution in [0, 0.1) is 5.82 Å². The number of amides is 1. The third-order valence-electron chi connectivity index (χ3n) is 3.22. The molecule has 0 N–H and O–H groups in total. The first-order chi connectivity index (χ1) is 11.2. The fourth-order valence-electron chi connectivity index (χ4n) is 2.08. The highest BCUT2D eigenvalue weighted by molar-refractivity contribution is 5.90. The molecule has 1 heterocycles. The average molecular weight is 337 g/mol. The van der Waals surface area contributed by atoms with Crippen LogP contribution >= 0.6 is 0 Å². The summed E-state index contributed by atoms with van der Waals surface area (Å²) < 4.78 is 23.7. The minimum Gasteiger partial charge on any atom is -0.465 e. The minimum absolute atomic E-state index is 0.0935. The number of halogens is 1. The molecule has 0 bridgehead atoms. The lowest BCUT2D eigenvalue weighted by atomic mass is 10.0. The van der Waals surface area contributed by atoms with Crippen molar-refractivity contribution >= 4 is 17.6 Å². The third-order valence-corrected chi connectivity index (χ3v) is 3.22. The van der Waals surface area contributed by atoms with Crippen molar-refractivity contribution in [2.75, 3.05) is 20.3 Å². The van der Waals surface area contributed by atoms with E-state index in [4.69, 9.17) is 9.57 Å². The molecule has 130 valence electrons. The molecule has 0 spiro atoms. The lowest BCUT2D eigenvalue weighted by Gasteiger charge is -2.28. The van der Waals surface area contributed by atoms with Crippen LogP contribution in [0.25, 0.3) is 5.57 Å². The van der Waals surface area contributed by atoms with Crippen molar-refractivity contribution in [2.45, 2.75) is 26.4 Å². The maximum absolute atomic E-state index is 14.0. The van der Waals surface area contributed by atoms with Gasteiger partial charge in [0.15, 0.2) is 0 Å². The molecule has 24 heavy (non-hydrogen) atoms. The Bertz CT molecular complexity index is 678. The molecule has 1 aromatic rings. The molecule has 0 fully saturated rings. The Morgan fingerprint density at radius 3 is 2.50 bits per heavy atom. The highest BCUT2D eigenvalue weighted by Crippen LogP contribution is 2.23. The fourth-order valence-corrected chi connectivity index (χ4v) is 2.08. The van der Waals surface area contributed by atoms with Crippen LogP contribution in [0.3, 0.4) is 0 Å². The predicted molar refractivity (Wildman–Crippen MR) is 84.6 cm³/mol. The third kappa shape index (κ3) is 4.32. The van der Waals surface area contributed by atoms with Crippen LogP contribution in [0.15, 0.2) is 24.3 Å². The zero-order valence-corrected chi connectivity index (χ0v) is 14.1. The number of rotatable bonds is 2. The number of methoxy groups -OCH3 is 1. The molecule has 0 atom stereocenters. The van der Waals surface area contributed by atoms with E-state index in [0.29, 0.717) is 11.1 Å². The van der Waals surface area contributed by atoms with E-state index in [0.717, 1.165) is 5.06 Å². The molecule has 0 aliphatic carbocycles. The Morgan fingerprint density at radius 2 is 2.00 bits per heavy atom. The largest absolute Gasteiger partial charge is 0.465 e. The van der Waals surface area contributed by atoms with Gasteiger partial charge in [0.05, 0.1) is 19.2 Å². The van der Waals surface area contributed by atoms with Crippen molar-refractivity contribution in [1.82, 2.24) is 5.06 Å². The van der Waals surface area contributed by atoms with Crippen molar-refractivity contribution in [3.8, 4) is 0 Å². The first-order valence-corrected chi connectivity index (χ1v) is 7.42. The maximum atomic E-state index is 14.0. The number of esters is 1. The lowest BCUT2D eigenvalue weighted by molar-refractivity contribution is -0.133. The molecule has 0 saturated heterocycles. The van der Waals surface area contributed by atoms with Gasteiger partial charge in [0.2, 0.25) is 0 Å². The monoisotopic (exact) mass is 337 g/mol. The van der Waals surface area contributed by atoms with Gasteiger partial charge in [-0.1, -0.05) is 12.1 Å². The number of carbonyl (C=O) groups excluding carboxylic acids is 2. The molecular formula is C17H20FNO5. The highest BCUT2D eigenvalue weighted by Gasteiger charge is 2.25. The van der Waals surface area contributed by atoms with Gasteiger partial charge in [-0.2, -0.15) is 5.06 Å². The van der Waals surface area contributed by atoms with E-state index in [-0.39, 0.29) is 18.7 Å². The van der Waals surface area contributed by atoms with Gasteiger partial charge in [0.25, 0.3) is 0 Å². The number of nitrogens with zero attached hydrogens (tertiary/aromatic N) is 1. The van der Waals surface area contributed by atoms with Gasteiger partial charge in [0.1, 0.15) is 18.0 Å². The van der Waals surface area contributed by atoms with Gasteiger partial charge in [-0.05, 0) is 44.0 Å². The van der Waals surface area contributed by atoms with E-state index in [9.17, 15) is 14.0 Å². The molecule has 0 unspecified atom stereocenters. The van der Waals surface area contributed by atoms with Gasteiger partial charge in [0, 0.05) is 0 Å². The Morgan fingerprint density at radius 1 is 1.29 bits per heavy atom. The smallest absolute Gasteiger partial charge is 0.434 e. The van der Waals surface area contributed by atoms with E-state index in [1.807, 2.05) is 0 Å². The second-order valence-corrected chi connectivity index (χ2v) is 6.23. The zero-order chi connectivity index (χ0) is 17.9. The summed E-state index contributed by atoms with van der Waals surface area (Å²) in [5, 5.41) is 1.11. The Hall–Kier alpha value is -2.41. The maximum Gasteiger partial charge on any atom is 0.434 e.